The summed E-state index contributed by atoms with van der Waals surface area (Å²) in [4.78, 5) is 8.26. The van der Waals surface area contributed by atoms with E-state index in [-0.39, 0.29) is 16.7 Å². The fourth-order valence-electron chi connectivity index (χ4n) is 1.52. The van der Waals surface area contributed by atoms with Crippen molar-refractivity contribution in [3.8, 4) is 11.5 Å². The highest BCUT2D eigenvalue weighted by atomic mass is 35.5. The number of halogens is 3. The molecular weight excluding hydrogens is 298 g/mol. The van der Waals surface area contributed by atoms with Crippen LogP contribution in [0.2, 0.25) is 5.15 Å². The lowest BCUT2D eigenvalue weighted by atomic mass is 10.2. The van der Waals surface area contributed by atoms with Crippen molar-refractivity contribution in [3.63, 3.8) is 0 Å². The van der Waals surface area contributed by atoms with Crippen molar-refractivity contribution >= 4 is 34.3 Å². The van der Waals surface area contributed by atoms with Crippen molar-refractivity contribution in [2.24, 2.45) is 0 Å². The lowest BCUT2D eigenvalue weighted by Gasteiger charge is -2.11. The Labute approximate surface area is 117 Å². The number of thioether (sulfide) groups is 1. The van der Waals surface area contributed by atoms with Crippen LogP contribution in [0.4, 0.5) is 8.78 Å². The van der Waals surface area contributed by atoms with Gasteiger partial charge in [0.2, 0.25) is 0 Å². The fourth-order valence-corrected chi connectivity index (χ4v) is 2.17. The zero-order valence-corrected chi connectivity index (χ0v) is 11.6. The lowest BCUT2D eigenvalue weighted by Crippen LogP contribution is -2.04. The molecule has 2 rings (SSSR count). The van der Waals surface area contributed by atoms with E-state index >= 15 is 0 Å². The first-order valence-corrected chi connectivity index (χ1v) is 6.69. The molecule has 0 atom stereocenters. The van der Waals surface area contributed by atoms with Gasteiger partial charge in [-0.1, -0.05) is 23.4 Å². The summed E-state index contributed by atoms with van der Waals surface area (Å²) in [5, 5.41) is 1.09. The van der Waals surface area contributed by atoms with Gasteiger partial charge in [0.25, 0.3) is 0 Å². The van der Waals surface area contributed by atoms with Gasteiger partial charge in [-0.3, -0.25) is 0 Å². The minimum atomic E-state index is -2.95. The van der Waals surface area contributed by atoms with Crippen LogP contribution in [0, 0.1) is 0 Å². The molecule has 0 spiro atoms. The topological polar surface area (TPSA) is 44.2 Å². The Bertz CT molecular complexity index is 613. The van der Waals surface area contributed by atoms with Crippen LogP contribution in [0.1, 0.15) is 0 Å². The molecule has 0 N–H and O–H groups in total. The maximum absolute atomic E-state index is 12.3. The van der Waals surface area contributed by atoms with Crippen LogP contribution in [-0.2, 0) is 0 Å². The second-order valence-corrected chi connectivity index (χ2v) is 4.53. The number of nitrogens with zero attached hydrogens (tertiary/aromatic N) is 2. The van der Waals surface area contributed by atoms with Crippen LogP contribution in [0.15, 0.2) is 17.3 Å². The number of rotatable bonds is 4. The molecule has 0 amide bonds. The highest BCUT2D eigenvalue weighted by Gasteiger charge is 2.15. The molecule has 1 aromatic carbocycles. The number of ether oxygens (including phenoxy) is 2. The fraction of sp³-hybridized carbons (Fsp3) is 0.273. The maximum Gasteiger partial charge on any atom is 0.387 e. The zero-order valence-electron chi connectivity index (χ0n) is 9.99. The lowest BCUT2D eigenvalue weighted by molar-refractivity contribution is -0.0511. The number of methoxy groups -OCH3 is 1. The van der Waals surface area contributed by atoms with Crippen LogP contribution in [0.25, 0.3) is 10.9 Å². The van der Waals surface area contributed by atoms with E-state index in [2.05, 4.69) is 14.7 Å². The van der Waals surface area contributed by atoms with Crippen molar-refractivity contribution in [2.45, 2.75) is 11.8 Å². The SMILES string of the molecule is COc1cc2nc(SC)nc(Cl)c2cc1OC(F)F. The smallest absolute Gasteiger partial charge is 0.387 e. The van der Waals surface area contributed by atoms with E-state index in [1.54, 1.807) is 0 Å². The molecule has 102 valence electrons. The average molecular weight is 307 g/mol. The van der Waals surface area contributed by atoms with Crippen molar-refractivity contribution in [1.29, 1.82) is 0 Å². The average Bonchev–Trinajstić information content (AvgIpc) is 2.37. The normalized spacial score (nSPS) is 11.1. The predicted octanol–water partition coefficient (Wildman–Crippen LogP) is 3.62. The number of aromatic nitrogens is 2. The predicted molar refractivity (Wildman–Crippen MR) is 69.5 cm³/mol. The van der Waals surface area contributed by atoms with Gasteiger partial charge >= 0.3 is 6.61 Å². The van der Waals surface area contributed by atoms with Gasteiger partial charge in [-0.05, 0) is 12.3 Å². The third-order valence-corrected chi connectivity index (χ3v) is 3.15. The standard InChI is InChI=1S/C11H9ClF2N2O2S/c1-17-7-4-6-5(3-8(7)18-10(13)14)9(12)16-11(15-6)19-2/h3-4,10H,1-2H3. The number of benzene rings is 1. The quantitative estimate of drug-likeness (QED) is 0.490. The van der Waals surface area contributed by atoms with Crippen molar-refractivity contribution in [2.75, 3.05) is 13.4 Å². The summed E-state index contributed by atoms with van der Waals surface area (Å²) in [6, 6.07) is 2.83. The third-order valence-electron chi connectivity index (χ3n) is 2.31. The van der Waals surface area contributed by atoms with E-state index in [0.717, 1.165) is 0 Å². The molecule has 19 heavy (non-hydrogen) atoms. The zero-order chi connectivity index (χ0) is 14.0. The molecular formula is C11H9ClF2N2O2S. The van der Waals surface area contributed by atoms with Gasteiger partial charge in [0.05, 0.1) is 12.6 Å². The van der Waals surface area contributed by atoms with E-state index < -0.39 is 6.61 Å². The summed E-state index contributed by atoms with van der Waals surface area (Å²) < 4.78 is 34.0. The Kier molecular flexibility index (Phi) is 4.26. The second-order valence-electron chi connectivity index (χ2n) is 3.40. The Morgan fingerprint density at radius 2 is 2.00 bits per heavy atom. The molecule has 1 heterocycles. The molecule has 0 aliphatic rings. The van der Waals surface area contributed by atoms with E-state index in [9.17, 15) is 8.78 Å². The van der Waals surface area contributed by atoms with Gasteiger partial charge < -0.3 is 9.47 Å². The third kappa shape index (κ3) is 2.98. The second kappa shape index (κ2) is 5.75. The van der Waals surface area contributed by atoms with Gasteiger partial charge in [0.1, 0.15) is 5.15 Å². The first kappa shape index (κ1) is 14.1. The summed E-state index contributed by atoms with van der Waals surface area (Å²) in [6.45, 7) is -2.95. The highest BCUT2D eigenvalue weighted by molar-refractivity contribution is 7.98. The Hall–Kier alpha value is -1.34. The van der Waals surface area contributed by atoms with E-state index in [0.29, 0.717) is 16.1 Å². The molecule has 4 nitrogen and oxygen atoms in total. The molecule has 0 aliphatic carbocycles. The van der Waals surface area contributed by atoms with Crippen LogP contribution in [-0.4, -0.2) is 29.9 Å². The number of fused-ring (bicyclic) bond motifs is 1. The summed E-state index contributed by atoms with van der Waals surface area (Å²) in [5.41, 5.74) is 0.503. The van der Waals surface area contributed by atoms with E-state index in [1.807, 2.05) is 6.26 Å². The number of hydrogen-bond donors (Lipinski definition) is 0. The molecule has 0 fully saturated rings. The summed E-state index contributed by atoms with van der Waals surface area (Å²) in [5.74, 6) is 0.0574. The van der Waals surface area contributed by atoms with Crippen LogP contribution in [0.3, 0.4) is 0 Å². The van der Waals surface area contributed by atoms with Gasteiger partial charge in [0.15, 0.2) is 16.7 Å². The molecule has 0 saturated carbocycles. The van der Waals surface area contributed by atoms with Crippen LogP contribution < -0.4 is 9.47 Å². The minimum Gasteiger partial charge on any atom is -0.493 e. The number of alkyl halides is 2. The van der Waals surface area contributed by atoms with Gasteiger partial charge in [-0.2, -0.15) is 8.78 Å². The Morgan fingerprint density at radius 1 is 1.26 bits per heavy atom. The molecule has 8 heteroatoms. The summed E-state index contributed by atoms with van der Waals surface area (Å²) >= 11 is 7.32. The molecule has 1 aromatic heterocycles. The Morgan fingerprint density at radius 3 is 2.58 bits per heavy atom. The largest absolute Gasteiger partial charge is 0.493 e. The van der Waals surface area contributed by atoms with Gasteiger partial charge in [0, 0.05) is 11.5 Å². The monoisotopic (exact) mass is 306 g/mol. The number of hydrogen-bond acceptors (Lipinski definition) is 5. The Balaban J connectivity index is 2.63. The van der Waals surface area contributed by atoms with Crippen molar-refractivity contribution in [3.05, 3.63) is 17.3 Å². The molecule has 0 saturated heterocycles. The van der Waals surface area contributed by atoms with Crippen molar-refractivity contribution < 1.29 is 18.3 Å². The van der Waals surface area contributed by atoms with E-state index in [1.165, 1.54) is 31.0 Å². The highest BCUT2D eigenvalue weighted by Crippen LogP contribution is 2.35. The molecule has 0 unspecified atom stereocenters. The van der Waals surface area contributed by atoms with Gasteiger partial charge in [-0.15, -0.1) is 0 Å². The van der Waals surface area contributed by atoms with Crippen LogP contribution >= 0.6 is 23.4 Å². The van der Waals surface area contributed by atoms with Crippen LogP contribution in [0.5, 0.6) is 11.5 Å². The summed E-state index contributed by atoms with van der Waals surface area (Å²) in [6.07, 6.45) is 1.81. The first-order chi connectivity index (χ1) is 9.05. The molecule has 0 aliphatic heterocycles. The van der Waals surface area contributed by atoms with E-state index in [4.69, 9.17) is 16.3 Å². The molecule has 2 aromatic rings. The van der Waals surface area contributed by atoms with Crippen molar-refractivity contribution in [1.82, 2.24) is 9.97 Å². The molecule has 0 bridgehead atoms. The first-order valence-electron chi connectivity index (χ1n) is 5.09. The summed E-state index contributed by atoms with van der Waals surface area (Å²) in [7, 11) is 1.36. The molecule has 0 radical (unpaired) electrons. The minimum absolute atomic E-state index is 0.104. The van der Waals surface area contributed by atoms with Gasteiger partial charge in [-0.25, -0.2) is 9.97 Å². The maximum atomic E-state index is 12.3.